The van der Waals surface area contributed by atoms with Crippen molar-refractivity contribution in [1.29, 1.82) is 5.41 Å². The van der Waals surface area contributed by atoms with Crippen molar-refractivity contribution in [2.45, 2.75) is 16.3 Å². The Kier molecular flexibility index (Phi) is 7.67. The second-order valence-corrected chi connectivity index (χ2v) is 11.6. The normalized spacial score (nSPS) is 13.0. The van der Waals surface area contributed by atoms with Crippen LogP contribution in [0, 0.1) is 5.41 Å². The van der Waals surface area contributed by atoms with E-state index in [1.54, 1.807) is 36.4 Å². The molecule has 0 bridgehead atoms. The van der Waals surface area contributed by atoms with Gasteiger partial charge in [0.2, 0.25) is 14.7 Å². The number of benzene rings is 4. The Hall–Kier alpha value is -3.96. The number of carbonyl (C=O) groups is 2. The molecule has 0 radical (unpaired) electrons. The predicted octanol–water partition coefficient (Wildman–Crippen LogP) is 4.03. The van der Waals surface area contributed by atoms with Gasteiger partial charge in [0.1, 0.15) is 5.84 Å². The highest BCUT2D eigenvalue weighted by atomic mass is 35.5. The quantitative estimate of drug-likeness (QED) is 0.153. The first-order valence-electron chi connectivity index (χ1n) is 11.3. The predicted molar refractivity (Wildman–Crippen MR) is 150 cm³/mol. The molecular weight excluding hydrogens is 563 g/mol. The number of hydrogen-bond acceptors (Lipinski definition) is 6. The maximum atomic E-state index is 13.6. The summed E-state index contributed by atoms with van der Waals surface area (Å²) in [6.45, 7) is 0.157. The Morgan fingerprint density at radius 2 is 1.67 bits per heavy atom. The van der Waals surface area contributed by atoms with E-state index < -0.39 is 31.5 Å². The first-order chi connectivity index (χ1) is 18.4. The minimum Gasteiger partial charge on any atom is -0.479 e. The van der Waals surface area contributed by atoms with Crippen molar-refractivity contribution in [2.24, 2.45) is 11.5 Å². The molecule has 0 aromatic heterocycles. The second kappa shape index (κ2) is 10.7. The van der Waals surface area contributed by atoms with Crippen LogP contribution >= 0.6 is 23.2 Å². The van der Waals surface area contributed by atoms with E-state index in [0.717, 1.165) is 11.6 Å². The van der Waals surface area contributed by atoms with Crippen LogP contribution in [0.25, 0.3) is 10.8 Å². The summed E-state index contributed by atoms with van der Waals surface area (Å²) in [7, 11) is -4.83. The van der Waals surface area contributed by atoms with Crippen LogP contribution in [0.2, 0.25) is 10.0 Å². The molecule has 1 unspecified atom stereocenters. The van der Waals surface area contributed by atoms with E-state index in [1.165, 1.54) is 36.4 Å². The van der Waals surface area contributed by atoms with E-state index in [0.29, 0.717) is 16.3 Å². The summed E-state index contributed by atoms with van der Waals surface area (Å²) >= 11 is 12.1. The fourth-order valence-electron chi connectivity index (χ4n) is 4.03. The summed E-state index contributed by atoms with van der Waals surface area (Å²) in [4.78, 5) is 22.1. The first kappa shape index (κ1) is 28.1. The number of amides is 1. The average Bonchev–Trinajstić information content (AvgIpc) is 2.91. The molecule has 12 heteroatoms. The number of rotatable bonds is 8. The maximum absolute atomic E-state index is 13.6. The molecule has 4 aromatic rings. The molecule has 0 heterocycles. The molecule has 4 rings (SSSR count). The zero-order valence-electron chi connectivity index (χ0n) is 20.1. The molecule has 0 aliphatic heterocycles. The van der Waals surface area contributed by atoms with Crippen LogP contribution in [0.5, 0.6) is 0 Å². The lowest BCUT2D eigenvalue weighted by Crippen LogP contribution is -2.51. The van der Waals surface area contributed by atoms with Crippen molar-refractivity contribution >= 4 is 61.5 Å². The van der Waals surface area contributed by atoms with Gasteiger partial charge in [0.25, 0.3) is 5.91 Å². The number of halogens is 2. The lowest BCUT2D eigenvalue weighted by molar-refractivity contribution is -0.140. The molecule has 0 saturated carbocycles. The van der Waals surface area contributed by atoms with Gasteiger partial charge in [-0.25, -0.2) is 13.2 Å². The topological polar surface area (TPSA) is 176 Å². The molecule has 0 aliphatic rings. The number of carboxylic acids is 1. The molecule has 1 atom stereocenters. The third-order valence-corrected chi connectivity index (χ3v) is 9.05. The standard InChI is InChI=1S/C27H22Cl2N4O5S/c28-19-10-11-22(29)23(13-19)39(37,38)27(32,26(35)36)18-9-8-16-2-1-3-20(21(16)12-18)25(34)33-14-15-4-6-17(7-5-15)24(30)31/h1-13H,14,32H2,(H3,30,31)(H,33,34)(H,35,36). The molecule has 0 spiro atoms. The highest BCUT2D eigenvalue weighted by Crippen LogP contribution is 2.37. The number of carboxylic acid groups (broad SMARTS) is 1. The third-order valence-electron chi connectivity index (χ3n) is 6.20. The van der Waals surface area contributed by atoms with Gasteiger partial charge in [-0.05, 0) is 52.2 Å². The summed E-state index contributed by atoms with van der Waals surface area (Å²) in [6.07, 6.45) is 0. The molecular formula is C27H22Cl2N4O5S. The van der Waals surface area contributed by atoms with Crippen molar-refractivity contribution < 1.29 is 23.1 Å². The molecule has 7 N–H and O–H groups in total. The van der Waals surface area contributed by atoms with E-state index in [4.69, 9.17) is 40.1 Å². The van der Waals surface area contributed by atoms with Gasteiger partial charge in [-0.1, -0.05) is 71.7 Å². The van der Waals surface area contributed by atoms with Crippen LogP contribution in [0.15, 0.2) is 83.8 Å². The molecule has 39 heavy (non-hydrogen) atoms. The summed E-state index contributed by atoms with van der Waals surface area (Å²) in [5, 5.41) is 21.0. The number of fused-ring (bicyclic) bond motifs is 1. The number of sulfone groups is 1. The monoisotopic (exact) mass is 584 g/mol. The number of nitrogen functional groups attached to an aromatic ring is 1. The van der Waals surface area contributed by atoms with Gasteiger partial charge < -0.3 is 16.2 Å². The Balaban J connectivity index is 1.75. The maximum Gasteiger partial charge on any atom is 0.344 e. The van der Waals surface area contributed by atoms with Gasteiger partial charge in [0.15, 0.2) is 0 Å². The number of carbonyl (C=O) groups excluding carboxylic acids is 1. The zero-order chi connectivity index (χ0) is 28.5. The van der Waals surface area contributed by atoms with Crippen molar-refractivity contribution in [3.63, 3.8) is 0 Å². The van der Waals surface area contributed by atoms with Crippen molar-refractivity contribution in [2.75, 3.05) is 0 Å². The van der Waals surface area contributed by atoms with Gasteiger partial charge in [0, 0.05) is 22.7 Å². The molecule has 200 valence electrons. The Labute approximate surface area is 233 Å². The number of aliphatic carboxylic acids is 1. The van der Waals surface area contributed by atoms with E-state index in [9.17, 15) is 23.1 Å². The van der Waals surface area contributed by atoms with Crippen LogP contribution in [-0.2, 0) is 26.0 Å². The third kappa shape index (κ3) is 5.19. The molecule has 4 aromatic carbocycles. The minimum absolute atomic E-state index is 0.0270. The first-order valence-corrected chi connectivity index (χ1v) is 13.6. The summed E-state index contributed by atoms with van der Waals surface area (Å²) in [5.74, 6) is -2.39. The van der Waals surface area contributed by atoms with Crippen LogP contribution < -0.4 is 16.8 Å². The number of nitrogens with two attached hydrogens (primary N) is 2. The van der Waals surface area contributed by atoms with Crippen molar-refractivity contribution in [3.8, 4) is 0 Å². The summed E-state index contributed by atoms with van der Waals surface area (Å²) in [6, 6.07) is 19.3. The zero-order valence-corrected chi connectivity index (χ0v) is 22.4. The fourth-order valence-corrected chi connectivity index (χ4v) is 6.31. The number of hydrogen-bond donors (Lipinski definition) is 5. The van der Waals surface area contributed by atoms with Crippen LogP contribution in [0.3, 0.4) is 0 Å². The lowest BCUT2D eigenvalue weighted by Gasteiger charge is -2.26. The Bertz CT molecular complexity index is 1740. The van der Waals surface area contributed by atoms with E-state index in [2.05, 4.69) is 5.32 Å². The van der Waals surface area contributed by atoms with Crippen LogP contribution in [0.4, 0.5) is 0 Å². The smallest absolute Gasteiger partial charge is 0.344 e. The molecule has 1 amide bonds. The number of nitrogens with one attached hydrogen (secondary N) is 2. The van der Waals surface area contributed by atoms with Crippen molar-refractivity contribution in [1.82, 2.24) is 5.32 Å². The minimum atomic E-state index is -4.83. The van der Waals surface area contributed by atoms with Gasteiger partial charge in [-0.15, -0.1) is 0 Å². The van der Waals surface area contributed by atoms with Crippen LogP contribution in [0.1, 0.15) is 27.0 Å². The summed E-state index contributed by atoms with van der Waals surface area (Å²) in [5.41, 5.74) is 12.8. The van der Waals surface area contributed by atoms with Crippen molar-refractivity contribution in [3.05, 3.63) is 111 Å². The van der Waals surface area contributed by atoms with E-state index in [1.807, 2.05) is 0 Å². The molecule has 0 saturated heterocycles. The van der Waals surface area contributed by atoms with Gasteiger partial charge in [0.05, 0.1) is 9.92 Å². The molecule has 0 aliphatic carbocycles. The SMILES string of the molecule is N=C(N)c1ccc(CNC(=O)c2cccc3ccc(C(N)(C(=O)O)S(=O)(=O)c4cc(Cl)ccc4Cl)cc23)cc1. The van der Waals surface area contributed by atoms with Crippen LogP contribution in [-0.4, -0.2) is 31.2 Å². The van der Waals surface area contributed by atoms with Gasteiger partial charge >= 0.3 is 5.97 Å². The Morgan fingerprint density at radius 3 is 2.31 bits per heavy atom. The fraction of sp³-hybridized carbons (Fsp3) is 0.0741. The number of amidine groups is 1. The lowest BCUT2D eigenvalue weighted by atomic mass is 9.98. The highest BCUT2D eigenvalue weighted by Gasteiger charge is 2.51. The highest BCUT2D eigenvalue weighted by molar-refractivity contribution is 7.93. The molecule has 9 nitrogen and oxygen atoms in total. The molecule has 0 fully saturated rings. The van der Waals surface area contributed by atoms with E-state index in [-0.39, 0.29) is 33.6 Å². The van der Waals surface area contributed by atoms with Gasteiger partial charge in [-0.3, -0.25) is 15.9 Å². The Morgan fingerprint density at radius 1 is 0.974 bits per heavy atom. The average molecular weight is 585 g/mol. The summed E-state index contributed by atoms with van der Waals surface area (Å²) < 4.78 is 27.2. The van der Waals surface area contributed by atoms with E-state index >= 15 is 0 Å². The van der Waals surface area contributed by atoms with Gasteiger partial charge in [-0.2, -0.15) is 0 Å². The largest absolute Gasteiger partial charge is 0.479 e. The second-order valence-electron chi connectivity index (χ2n) is 8.65.